The Labute approximate surface area is 108 Å². The molecule has 0 saturated carbocycles. The van der Waals surface area contributed by atoms with Crippen molar-refractivity contribution in [3.63, 3.8) is 0 Å². The normalized spacial score (nSPS) is 10.8. The van der Waals surface area contributed by atoms with Gasteiger partial charge >= 0.3 is 11.6 Å². The molecule has 5 heteroatoms. The van der Waals surface area contributed by atoms with E-state index in [2.05, 4.69) is 0 Å². The smallest absolute Gasteiger partial charge is 0.343 e. The summed E-state index contributed by atoms with van der Waals surface area (Å²) in [7, 11) is 0. The Bertz CT molecular complexity index is 724. The maximum atomic E-state index is 11.6. The van der Waals surface area contributed by atoms with Crippen molar-refractivity contribution in [3.05, 3.63) is 46.3 Å². The van der Waals surface area contributed by atoms with Crippen molar-refractivity contribution in [1.82, 2.24) is 0 Å². The standard InChI is InChI=1S/C14H10O5/c1-9(16)18-12-5-4-10-7-11(3-2-6-15)14(17)19-13(10)8-12/h2-8H,1H3/b3-2+. The van der Waals surface area contributed by atoms with Gasteiger partial charge in [-0.2, -0.15) is 0 Å². The Morgan fingerprint density at radius 1 is 1.32 bits per heavy atom. The molecule has 0 aliphatic rings. The lowest BCUT2D eigenvalue weighted by Crippen LogP contribution is -2.04. The van der Waals surface area contributed by atoms with Crippen molar-refractivity contribution >= 4 is 29.3 Å². The summed E-state index contributed by atoms with van der Waals surface area (Å²) in [4.78, 5) is 32.7. The molecule has 5 nitrogen and oxygen atoms in total. The Hall–Kier alpha value is -2.69. The molecule has 0 N–H and O–H groups in total. The highest BCUT2D eigenvalue weighted by atomic mass is 16.5. The van der Waals surface area contributed by atoms with Gasteiger partial charge in [0.1, 0.15) is 17.6 Å². The third-order valence-corrected chi connectivity index (χ3v) is 2.35. The summed E-state index contributed by atoms with van der Waals surface area (Å²) in [6, 6.07) is 6.32. The van der Waals surface area contributed by atoms with Gasteiger partial charge in [-0.05, 0) is 30.4 Å². The van der Waals surface area contributed by atoms with E-state index in [4.69, 9.17) is 9.15 Å². The number of aldehydes is 1. The van der Waals surface area contributed by atoms with Crippen LogP contribution in [-0.4, -0.2) is 12.3 Å². The average Bonchev–Trinajstić information content (AvgIpc) is 2.35. The van der Waals surface area contributed by atoms with E-state index in [1.807, 2.05) is 0 Å². The first-order valence-corrected chi connectivity index (χ1v) is 5.48. The SMILES string of the molecule is CC(=O)Oc1ccc2cc(/C=C/C=O)c(=O)oc2c1. The van der Waals surface area contributed by atoms with Crippen molar-refractivity contribution in [3.8, 4) is 5.75 Å². The maximum absolute atomic E-state index is 11.6. The van der Waals surface area contributed by atoms with Gasteiger partial charge in [-0.15, -0.1) is 0 Å². The second-order valence-corrected chi connectivity index (χ2v) is 3.78. The van der Waals surface area contributed by atoms with Crippen molar-refractivity contribution in [2.24, 2.45) is 0 Å². The fraction of sp³-hybridized carbons (Fsp3) is 0.0714. The molecule has 0 aliphatic heterocycles. The van der Waals surface area contributed by atoms with E-state index in [-0.39, 0.29) is 5.56 Å². The summed E-state index contributed by atoms with van der Waals surface area (Å²) in [5.41, 5.74) is 0.0254. The molecule has 0 unspecified atom stereocenters. The second kappa shape index (κ2) is 5.30. The zero-order valence-electron chi connectivity index (χ0n) is 10.1. The summed E-state index contributed by atoms with van der Waals surface area (Å²) in [5.74, 6) is -0.147. The molecule has 2 aromatic rings. The van der Waals surface area contributed by atoms with Crippen LogP contribution in [0.3, 0.4) is 0 Å². The van der Waals surface area contributed by atoms with Crippen molar-refractivity contribution in [2.75, 3.05) is 0 Å². The summed E-state index contributed by atoms with van der Waals surface area (Å²) in [5, 5.41) is 0.668. The lowest BCUT2D eigenvalue weighted by atomic mass is 10.1. The van der Waals surface area contributed by atoms with Crippen LogP contribution < -0.4 is 10.4 Å². The molecule has 0 bridgehead atoms. The number of esters is 1. The first-order valence-electron chi connectivity index (χ1n) is 5.48. The molecular formula is C14H10O5. The van der Waals surface area contributed by atoms with E-state index >= 15 is 0 Å². The highest BCUT2D eigenvalue weighted by molar-refractivity contribution is 5.82. The van der Waals surface area contributed by atoms with E-state index in [9.17, 15) is 14.4 Å². The van der Waals surface area contributed by atoms with Gasteiger partial charge in [-0.25, -0.2) is 4.79 Å². The predicted octanol–water partition coefficient (Wildman–Crippen LogP) is 1.93. The molecule has 0 amide bonds. The Morgan fingerprint density at radius 3 is 2.79 bits per heavy atom. The van der Waals surface area contributed by atoms with Gasteiger partial charge in [0.2, 0.25) is 0 Å². The van der Waals surface area contributed by atoms with Gasteiger partial charge in [0.25, 0.3) is 0 Å². The van der Waals surface area contributed by atoms with Gasteiger partial charge < -0.3 is 9.15 Å². The van der Waals surface area contributed by atoms with E-state index in [1.165, 1.54) is 25.1 Å². The number of carbonyl (C=O) groups excluding carboxylic acids is 2. The minimum Gasteiger partial charge on any atom is -0.427 e. The number of hydrogen-bond acceptors (Lipinski definition) is 5. The van der Waals surface area contributed by atoms with Crippen LogP contribution in [0.25, 0.3) is 17.0 Å². The van der Waals surface area contributed by atoms with E-state index in [0.29, 0.717) is 23.0 Å². The number of allylic oxidation sites excluding steroid dienone is 1. The molecule has 2 rings (SSSR count). The Balaban J connectivity index is 2.51. The van der Waals surface area contributed by atoms with Gasteiger partial charge in [0.05, 0.1) is 5.56 Å². The van der Waals surface area contributed by atoms with Crippen LogP contribution in [0.4, 0.5) is 0 Å². The number of benzene rings is 1. The van der Waals surface area contributed by atoms with Crippen LogP contribution >= 0.6 is 0 Å². The molecular weight excluding hydrogens is 248 g/mol. The number of hydrogen-bond donors (Lipinski definition) is 0. The lowest BCUT2D eigenvalue weighted by Gasteiger charge is -2.02. The molecule has 0 fully saturated rings. The largest absolute Gasteiger partial charge is 0.427 e. The number of rotatable bonds is 3. The lowest BCUT2D eigenvalue weighted by molar-refractivity contribution is -0.131. The third-order valence-electron chi connectivity index (χ3n) is 2.35. The Morgan fingerprint density at radius 2 is 2.11 bits per heavy atom. The maximum Gasteiger partial charge on any atom is 0.343 e. The molecule has 0 spiro atoms. The molecule has 0 aliphatic carbocycles. The highest BCUT2D eigenvalue weighted by Crippen LogP contribution is 2.20. The summed E-state index contributed by atoms with van der Waals surface area (Å²) in [6.07, 6.45) is 3.16. The summed E-state index contributed by atoms with van der Waals surface area (Å²) >= 11 is 0. The van der Waals surface area contributed by atoms with Crippen LogP contribution in [0.5, 0.6) is 5.75 Å². The van der Waals surface area contributed by atoms with Crippen LogP contribution in [-0.2, 0) is 9.59 Å². The highest BCUT2D eigenvalue weighted by Gasteiger charge is 2.05. The molecule has 19 heavy (non-hydrogen) atoms. The predicted molar refractivity (Wildman–Crippen MR) is 68.9 cm³/mol. The molecule has 1 aromatic carbocycles. The monoisotopic (exact) mass is 258 g/mol. The van der Waals surface area contributed by atoms with E-state index in [1.54, 1.807) is 18.2 Å². The van der Waals surface area contributed by atoms with Crippen molar-refractivity contribution < 1.29 is 18.7 Å². The van der Waals surface area contributed by atoms with Crippen LogP contribution in [0.2, 0.25) is 0 Å². The summed E-state index contributed by atoms with van der Waals surface area (Å²) in [6.45, 7) is 1.29. The van der Waals surface area contributed by atoms with Gasteiger partial charge in [-0.1, -0.05) is 0 Å². The fourth-order valence-corrected chi connectivity index (χ4v) is 1.60. The molecule has 1 aromatic heterocycles. The minimum absolute atomic E-state index is 0.278. The first-order chi connectivity index (χ1) is 9.10. The molecule has 0 saturated heterocycles. The molecule has 1 heterocycles. The first kappa shape index (κ1) is 12.8. The van der Waals surface area contributed by atoms with E-state index in [0.717, 1.165) is 0 Å². The van der Waals surface area contributed by atoms with Crippen LogP contribution in [0.1, 0.15) is 12.5 Å². The van der Waals surface area contributed by atoms with Gasteiger partial charge in [0.15, 0.2) is 0 Å². The zero-order chi connectivity index (χ0) is 13.8. The van der Waals surface area contributed by atoms with Crippen molar-refractivity contribution in [2.45, 2.75) is 6.92 Å². The van der Waals surface area contributed by atoms with E-state index < -0.39 is 11.6 Å². The zero-order valence-corrected chi connectivity index (χ0v) is 10.1. The molecule has 0 radical (unpaired) electrons. The quantitative estimate of drug-likeness (QED) is 0.276. The second-order valence-electron chi connectivity index (χ2n) is 3.78. The number of fused-ring (bicyclic) bond motifs is 1. The Kier molecular flexibility index (Phi) is 3.56. The van der Waals surface area contributed by atoms with Crippen LogP contribution in [0.15, 0.2) is 39.6 Å². The number of ether oxygens (including phenoxy) is 1. The number of carbonyl (C=O) groups is 2. The van der Waals surface area contributed by atoms with Crippen molar-refractivity contribution in [1.29, 1.82) is 0 Å². The van der Waals surface area contributed by atoms with Gasteiger partial charge in [-0.3, -0.25) is 9.59 Å². The average molecular weight is 258 g/mol. The minimum atomic E-state index is -0.564. The van der Waals surface area contributed by atoms with Crippen LogP contribution in [0, 0.1) is 0 Å². The fourth-order valence-electron chi connectivity index (χ4n) is 1.60. The third kappa shape index (κ3) is 2.95. The molecule has 96 valence electrons. The van der Waals surface area contributed by atoms with Gasteiger partial charge in [0, 0.05) is 18.4 Å². The molecule has 0 atom stereocenters. The summed E-state index contributed by atoms with van der Waals surface area (Å²) < 4.78 is 9.99. The topological polar surface area (TPSA) is 73.6 Å².